The zero-order chi connectivity index (χ0) is 26.1. The number of carboxylic acid groups (broad SMARTS) is 1. The van der Waals surface area contributed by atoms with Crippen molar-refractivity contribution in [2.75, 3.05) is 0 Å². The van der Waals surface area contributed by atoms with Gasteiger partial charge >= 0.3 is 18.3 Å². The van der Waals surface area contributed by atoms with E-state index in [9.17, 15) is 36.2 Å². The summed E-state index contributed by atoms with van der Waals surface area (Å²) in [4.78, 5) is 15.5. The van der Waals surface area contributed by atoms with Crippen LogP contribution in [0, 0.1) is 0 Å². The second-order valence-corrected chi connectivity index (χ2v) is 8.18. The van der Waals surface area contributed by atoms with E-state index in [0.717, 1.165) is 23.6 Å². The molecule has 1 heterocycles. The lowest BCUT2D eigenvalue weighted by atomic mass is 9.98. The fraction of sp³-hybridized carbons (Fsp3) is 0.231. The maximum Gasteiger partial charge on any atom is 0.416 e. The zero-order valence-electron chi connectivity index (χ0n) is 18.6. The predicted molar refractivity (Wildman–Crippen MR) is 119 cm³/mol. The number of allylic oxidation sites excluding steroid dienone is 2. The highest BCUT2D eigenvalue weighted by atomic mass is 19.4. The Labute approximate surface area is 201 Å². The third kappa shape index (κ3) is 5.37. The van der Waals surface area contributed by atoms with E-state index in [4.69, 9.17) is 4.74 Å². The van der Waals surface area contributed by atoms with Gasteiger partial charge in [-0.1, -0.05) is 30.3 Å². The highest BCUT2D eigenvalue weighted by molar-refractivity contribution is 5.94. The monoisotopic (exact) mass is 507 g/mol. The number of para-hydroxylation sites is 1. The van der Waals surface area contributed by atoms with Crippen molar-refractivity contribution in [1.82, 2.24) is 4.98 Å². The Balaban J connectivity index is 1.68. The first-order valence-corrected chi connectivity index (χ1v) is 10.9. The fourth-order valence-corrected chi connectivity index (χ4v) is 4.19. The van der Waals surface area contributed by atoms with Gasteiger partial charge in [0, 0.05) is 11.1 Å². The van der Waals surface area contributed by atoms with Crippen LogP contribution in [0.2, 0.25) is 0 Å². The minimum absolute atomic E-state index is 0.0866. The number of rotatable bonds is 6. The van der Waals surface area contributed by atoms with Crippen molar-refractivity contribution in [3.8, 4) is 5.75 Å². The number of pyridine rings is 1. The third-order valence-electron chi connectivity index (χ3n) is 5.83. The summed E-state index contributed by atoms with van der Waals surface area (Å²) in [5, 5.41) is 9.26. The summed E-state index contributed by atoms with van der Waals surface area (Å²) in [6.45, 7) is -0.598. The quantitative estimate of drug-likeness (QED) is 0.351. The van der Waals surface area contributed by atoms with E-state index in [2.05, 4.69) is 4.98 Å². The van der Waals surface area contributed by atoms with Gasteiger partial charge in [-0.15, -0.1) is 0 Å². The Morgan fingerprint density at radius 3 is 2.31 bits per heavy atom. The van der Waals surface area contributed by atoms with Gasteiger partial charge in [-0.25, -0.2) is 9.78 Å². The first kappa shape index (κ1) is 25.3. The van der Waals surface area contributed by atoms with Crippen molar-refractivity contribution >= 4 is 17.1 Å². The maximum absolute atomic E-state index is 13.5. The number of hydrogen-bond acceptors (Lipinski definition) is 3. The molecule has 36 heavy (non-hydrogen) atoms. The van der Waals surface area contributed by atoms with Crippen LogP contribution in [-0.4, -0.2) is 16.1 Å². The molecule has 0 fully saturated rings. The summed E-state index contributed by atoms with van der Waals surface area (Å²) in [6.07, 6.45) is -7.92. The summed E-state index contributed by atoms with van der Waals surface area (Å²) < 4.78 is 85.2. The molecule has 2 aromatic carbocycles. The number of carboxylic acids is 1. The highest BCUT2D eigenvalue weighted by Crippen LogP contribution is 2.43. The fourth-order valence-electron chi connectivity index (χ4n) is 4.19. The average molecular weight is 507 g/mol. The summed E-state index contributed by atoms with van der Waals surface area (Å²) >= 11 is 0. The average Bonchev–Trinajstić information content (AvgIpc) is 3.31. The van der Waals surface area contributed by atoms with Gasteiger partial charge in [0.1, 0.15) is 18.1 Å². The number of alkyl halides is 6. The largest absolute Gasteiger partial charge is 0.488 e. The smallest absolute Gasteiger partial charge is 0.416 e. The molecule has 0 aliphatic heterocycles. The van der Waals surface area contributed by atoms with Crippen LogP contribution in [0.15, 0.2) is 60.7 Å². The Kier molecular flexibility index (Phi) is 6.79. The summed E-state index contributed by atoms with van der Waals surface area (Å²) in [5.74, 6) is -0.910. The molecule has 1 N–H and O–H groups in total. The molecule has 4 nitrogen and oxygen atoms in total. The number of aromatic nitrogens is 1. The summed E-state index contributed by atoms with van der Waals surface area (Å²) in [5.41, 5.74) is -0.628. The molecule has 1 aliphatic carbocycles. The van der Waals surface area contributed by atoms with E-state index in [0.29, 0.717) is 30.2 Å². The van der Waals surface area contributed by atoms with Crippen LogP contribution >= 0.6 is 0 Å². The molecule has 1 aliphatic rings. The van der Waals surface area contributed by atoms with Crippen LogP contribution in [-0.2, 0) is 19.0 Å². The first-order chi connectivity index (χ1) is 16.9. The van der Waals surface area contributed by atoms with Gasteiger partial charge in [-0.3, -0.25) is 0 Å². The molecule has 4 rings (SSSR count). The molecule has 0 spiro atoms. The van der Waals surface area contributed by atoms with Gasteiger partial charge in [0.15, 0.2) is 0 Å². The molecule has 188 valence electrons. The summed E-state index contributed by atoms with van der Waals surface area (Å²) in [7, 11) is 0. The van der Waals surface area contributed by atoms with Crippen molar-refractivity contribution < 1.29 is 41.0 Å². The van der Waals surface area contributed by atoms with Crippen molar-refractivity contribution in [3.63, 3.8) is 0 Å². The van der Waals surface area contributed by atoms with Gasteiger partial charge in [0.25, 0.3) is 0 Å². The van der Waals surface area contributed by atoms with Crippen molar-refractivity contribution in [2.45, 2.75) is 38.2 Å². The van der Waals surface area contributed by atoms with Gasteiger partial charge in [-0.2, -0.15) is 26.3 Å². The Bertz CT molecular complexity index is 1330. The number of carbonyl (C=O) groups is 1. The van der Waals surface area contributed by atoms with Crippen molar-refractivity contribution in [3.05, 3.63) is 94.3 Å². The van der Waals surface area contributed by atoms with Gasteiger partial charge < -0.3 is 9.84 Å². The molecular weight excluding hydrogens is 488 g/mol. The SMILES string of the molecule is O=C(O)c1cccc(C2=C(c3ccccc3OCc3ccc(C(F)(F)F)cc3C(F)(F)F)CCC2)n1. The molecule has 0 amide bonds. The van der Waals surface area contributed by atoms with Crippen LogP contribution in [0.3, 0.4) is 0 Å². The molecule has 0 bridgehead atoms. The topological polar surface area (TPSA) is 59.4 Å². The second kappa shape index (κ2) is 9.67. The van der Waals surface area contributed by atoms with Crippen LogP contribution in [0.1, 0.15) is 57.7 Å². The first-order valence-electron chi connectivity index (χ1n) is 10.9. The van der Waals surface area contributed by atoms with E-state index in [-0.39, 0.29) is 17.5 Å². The molecule has 0 atom stereocenters. The van der Waals surface area contributed by atoms with Gasteiger partial charge in [0.05, 0.1) is 16.8 Å². The highest BCUT2D eigenvalue weighted by Gasteiger charge is 2.38. The molecule has 0 saturated heterocycles. The standard InChI is InChI=1S/C26H19F6NO3/c27-25(28,29)16-12-11-15(20(13-16)26(30,31)32)14-36-23-10-2-1-5-19(23)17-6-3-7-18(17)21-8-4-9-22(33-21)24(34)35/h1-2,4-5,8-13H,3,6-7,14H2,(H,34,35). The number of nitrogens with zero attached hydrogens (tertiary/aromatic N) is 1. The zero-order valence-corrected chi connectivity index (χ0v) is 18.6. The summed E-state index contributed by atoms with van der Waals surface area (Å²) in [6, 6.07) is 12.8. The van der Waals surface area contributed by atoms with E-state index in [1.807, 2.05) is 0 Å². The van der Waals surface area contributed by atoms with Gasteiger partial charge in [-0.05, 0) is 60.7 Å². The molecular formula is C26H19F6NO3. The van der Waals surface area contributed by atoms with Crippen LogP contribution in [0.25, 0.3) is 11.1 Å². The van der Waals surface area contributed by atoms with Crippen molar-refractivity contribution in [1.29, 1.82) is 0 Å². The van der Waals surface area contributed by atoms with E-state index >= 15 is 0 Å². The Morgan fingerprint density at radius 2 is 1.61 bits per heavy atom. The molecule has 0 saturated carbocycles. The number of aromatic carboxylic acids is 1. The minimum Gasteiger partial charge on any atom is -0.488 e. The third-order valence-corrected chi connectivity index (χ3v) is 5.83. The van der Waals surface area contributed by atoms with Crippen LogP contribution in [0.4, 0.5) is 26.3 Å². The molecule has 1 aromatic heterocycles. The van der Waals surface area contributed by atoms with E-state index < -0.39 is 41.6 Å². The Morgan fingerprint density at radius 1 is 0.889 bits per heavy atom. The van der Waals surface area contributed by atoms with Crippen molar-refractivity contribution in [2.24, 2.45) is 0 Å². The normalized spacial score (nSPS) is 14.3. The number of hydrogen-bond donors (Lipinski definition) is 1. The van der Waals surface area contributed by atoms with Gasteiger partial charge in [0.2, 0.25) is 0 Å². The lowest BCUT2D eigenvalue weighted by Gasteiger charge is -2.18. The molecule has 0 radical (unpaired) electrons. The number of benzene rings is 2. The molecule has 0 unspecified atom stereocenters. The molecule has 3 aromatic rings. The lowest BCUT2D eigenvalue weighted by molar-refractivity contribution is -0.143. The van der Waals surface area contributed by atoms with E-state index in [1.54, 1.807) is 36.4 Å². The predicted octanol–water partition coefficient (Wildman–Crippen LogP) is 7.49. The van der Waals surface area contributed by atoms with Crippen LogP contribution in [0.5, 0.6) is 5.75 Å². The number of halogens is 6. The van der Waals surface area contributed by atoms with E-state index in [1.165, 1.54) is 6.07 Å². The second-order valence-electron chi connectivity index (χ2n) is 8.18. The van der Waals surface area contributed by atoms with Crippen LogP contribution < -0.4 is 4.74 Å². The number of ether oxygens (including phenoxy) is 1. The minimum atomic E-state index is -5.00. The lowest BCUT2D eigenvalue weighted by Crippen LogP contribution is -2.14. The molecule has 10 heteroatoms. The Hall–Kier alpha value is -3.82. The maximum atomic E-state index is 13.5.